The van der Waals surface area contributed by atoms with E-state index in [1.165, 1.54) is 23.5 Å². The van der Waals surface area contributed by atoms with Gasteiger partial charge < -0.3 is 4.90 Å². The Morgan fingerprint density at radius 2 is 1.86 bits per heavy atom. The highest BCUT2D eigenvalue weighted by atomic mass is 32.1. The van der Waals surface area contributed by atoms with Crippen molar-refractivity contribution in [3.63, 3.8) is 0 Å². The predicted octanol–water partition coefficient (Wildman–Crippen LogP) is 5.08. The number of carbonyl (C=O) groups excluding carboxylic acids is 1. The summed E-state index contributed by atoms with van der Waals surface area (Å²) in [5.41, 5.74) is 1.85. The fourth-order valence-electron chi connectivity index (χ4n) is 2.93. The summed E-state index contributed by atoms with van der Waals surface area (Å²) in [4.78, 5) is 17.8. The van der Waals surface area contributed by atoms with Crippen LogP contribution in [0.1, 0.15) is 29.0 Å². The number of carbonyl (C=O) groups is 1. The first-order chi connectivity index (χ1) is 13.8. The van der Waals surface area contributed by atoms with Crippen LogP contribution in [-0.4, -0.2) is 28.5 Å². The number of amides is 1. The summed E-state index contributed by atoms with van der Waals surface area (Å²) in [6, 6.07) is 15.8. The lowest BCUT2D eigenvalue weighted by Crippen LogP contribution is -2.38. The zero-order valence-corrected chi connectivity index (χ0v) is 16.3. The van der Waals surface area contributed by atoms with Gasteiger partial charge in [-0.25, -0.2) is 4.98 Å². The van der Waals surface area contributed by atoms with Gasteiger partial charge in [0, 0.05) is 13.0 Å². The van der Waals surface area contributed by atoms with Gasteiger partial charge in [0.25, 0.3) is 0 Å². The third kappa shape index (κ3) is 6.03. The molecule has 0 bridgehead atoms. The van der Waals surface area contributed by atoms with E-state index in [9.17, 15) is 18.0 Å². The number of para-hydroxylation sites is 1. The van der Waals surface area contributed by atoms with Crippen molar-refractivity contribution < 1.29 is 18.0 Å². The van der Waals surface area contributed by atoms with Crippen LogP contribution in [-0.2, 0) is 17.8 Å². The van der Waals surface area contributed by atoms with E-state index in [1.54, 1.807) is 12.1 Å². The fourth-order valence-corrected chi connectivity index (χ4v) is 3.94. The van der Waals surface area contributed by atoms with Crippen molar-refractivity contribution in [2.75, 3.05) is 6.54 Å². The molecule has 0 aliphatic heterocycles. The van der Waals surface area contributed by atoms with Crippen molar-refractivity contribution in [3.05, 3.63) is 64.7 Å². The first-order valence-electron chi connectivity index (χ1n) is 9.02. The van der Waals surface area contributed by atoms with Crippen LogP contribution in [0.5, 0.6) is 0 Å². The summed E-state index contributed by atoms with van der Waals surface area (Å²) in [5, 5.41) is 9.69. The van der Waals surface area contributed by atoms with Crippen molar-refractivity contribution >= 4 is 27.5 Å². The second kappa shape index (κ2) is 9.05. The molecule has 1 amide bonds. The smallest absolute Gasteiger partial charge is 0.329 e. The minimum atomic E-state index is -4.48. The molecular weight excluding hydrogens is 399 g/mol. The normalized spacial score (nSPS) is 11.4. The number of fused-ring (bicyclic) bond motifs is 1. The van der Waals surface area contributed by atoms with Crippen molar-refractivity contribution in [3.8, 4) is 6.07 Å². The second-order valence-corrected chi connectivity index (χ2v) is 7.72. The number of halogens is 3. The number of nitrogens with zero attached hydrogens (tertiary/aromatic N) is 3. The van der Waals surface area contributed by atoms with Gasteiger partial charge >= 0.3 is 6.18 Å². The van der Waals surface area contributed by atoms with E-state index in [2.05, 4.69) is 4.98 Å². The van der Waals surface area contributed by atoms with Crippen molar-refractivity contribution in [2.24, 2.45) is 0 Å². The first-order valence-corrected chi connectivity index (χ1v) is 9.84. The lowest BCUT2D eigenvalue weighted by molar-refractivity contribution is -0.162. The van der Waals surface area contributed by atoms with Crippen LogP contribution in [0, 0.1) is 11.3 Å². The summed E-state index contributed by atoms with van der Waals surface area (Å²) in [6.45, 7) is -1.45. The molecule has 0 fully saturated rings. The first kappa shape index (κ1) is 20.8. The van der Waals surface area contributed by atoms with Crippen molar-refractivity contribution in [2.45, 2.75) is 32.0 Å². The Kier molecular flexibility index (Phi) is 6.49. The molecule has 8 heteroatoms. The maximum atomic E-state index is 12.9. The minimum absolute atomic E-state index is 0.0162. The van der Waals surface area contributed by atoms with Crippen LogP contribution in [0.15, 0.2) is 48.5 Å². The van der Waals surface area contributed by atoms with Crippen molar-refractivity contribution in [1.82, 2.24) is 9.88 Å². The van der Waals surface area contributed by atoms with Crippen LogP contribution < -0.4 is 0 Å². The second-order valence-electron chi connectivity index (χ2n) is 6.60. The third-order valence-corrected chi connectivity index (χ3v) is 5.39. The monoisotopic (exact) mass is 417 g/mol. The number of nitriles is 1. The molecule has 150 valence electrons. The van der Waals surface area contributed by atoms with E-state index < -0.39 is 18.6 Å². The summed E-state index contributed by atoms with van der Waals surface area (Å²) < 4.78 is 39.9. The molecule has 0 spiro atoms. The number of alkyl halides is 3. The van der Waals surface area contributed by atoms with Crippen LogP contribution in [0.2, 0.25) is 0 Å². The molecule has 3 rings (SSSR count). The van der Waals surface area contributed by atoms with Gasteiger partial charge in [-0.3, -0.25) is 4.79 Å². The number of aromatic nitrogens is 1. The summed E-state index contributed by atoms with van der Waals surface area (Å²) in [5.74, 6) is -0.548. The third-order valence-electron chi connectivity index (χ3n) is 4.30. The number of hydrogen-bond donors (Lipinski definition) is 0. The molecule has 29 heavy (non-hydrogen) atoms. The zero-order valence-electron chi connectivity index (χ0n) is 15.4. The molecule has 0 unspecified atom stereocenters. The Labute approximate surface area is 170 Å². The number of rotatable bonds is 7. The van der Waals surface area contributed by atoms with Crippen LogP contribution in [0.4, 0.5) is 13.2 Å². The van der Waals surface area contributed by atoms with E-state index in [0.29, 0.717) is 24.0 Å². The van der Waals surface area contributed by atoms with Crippen LogP contribution >= 0.6 is 11.3 Å². The Balaban J connectivity index is 1.61. The van der Waals surface area contributed by atoms with Gasteiger partial charge in [0.2, 0.25) is 5.91 Å². The molecule has 0 aliphatic rings. The van der Waals surface area contributed by atoms with Gasteiger partial charge in [-0.05, 0) is 42.7 Å². The maximum Gasteiger partial charge on any atom is 0.406 e. The Hall–Kier alpha value is -2.92. The standard InChI is InChI=1S/C21H18F3N3OS/c22-21(23,24)14-27(13-16-10-8-15(12-25)9-11-16)20(28)7-3-6-19-26-17-4-1-2-5-18(17)29-19/h1-2,4-5,8-11H,3,6-7,13-14H2. The predicted molar refractivity (Wildman–Crippen MR) is 105 cm³/mol. The molecular formula is C21H18F3N3OS. The quantitative estimate of drug-likeness (QED) is 0.539. The minimum Gasteiger partial charge on any atom is -0.329 e. The number of hydrogen-bond acceptors (Lipinski definition) is 4. The molecule has 0 radical (unpaired) electrons. The number of aryl methyl sites for hydroxylation is 1. The average Bonchev–Trinajstić information content (AvgIpc) is 3.09. The zero-order chi connectivity index (χ0) is 20.9. The molecule has 0 aliphatic carbocycles. The lowest BCUT2D eigenvalue weighted by Gasteiger charge is -2.24. The molecule has 1 heterocycles. The van der Waals surface area contributed by atoms with E-state index in [1.807, 2.05) is 30.3 Å². The summed E-state index contributed by atoms with van der Waals surface area (Å²) in [6.07, 6.45) is -3.49. The average molecular weight is 417 g/mol. The van der Waals surface area contributed by atoms with Gasteiger partial charge in [-0.1, -0.05) is 24.3 Å². The largest absolute Gasteiger partial charge is 0.406 e. The maximum absolute atomic E-state index is 12.9. The Morgan fingerprint density at radius 3 is 2.52 bits per heavy atom. The highest BCUT2D eigenvalue weighted by Crippen LogP contribution is 2.23. The van der Waals surface area contributed by atoms with E-state index in [-0.39, 0.29) is 13.0 Å². The number of thiazole rings is 1. The van der Waals surface area contributed by atoms with E-state index in [4.69, 9.17) is 5.26 Å². The van der Waals surface area contributed by atoms with Gasteiger partial charge in [0.15, 0.2) is 0 Å². The Bertz CT molecular complexity index is 989. The van der Waals surface area contributed by atoms with Gasteiger partial charge in [-0.2, -0.15) is 18.4 Å². The summed E-state index contributed by atoms with van der Waals surface area (Å²) >= 11 is 1.53. The lowest BCUT2D eigenvalue weighted by atomic mass is 10.1. The Morgan fingerprint density at radius 1 is 1.14 bits per heavy atom. The molecule has 0 saturated carbocycles. The highest BCUT2D eigenvalue weighted by Gasteiger charge is 2.32. The van der Waals surface area contributed by atoms with Gasteiger partial charge in [-0.15, -0.1) is 11.3 Å². The van der Waals surface area contributed by atoms with Gasteiger partial charge in [0.1, 0.15) is 6.54 Å². The molecule has 2 aromatic carbocycles. The van der Waals surface area contributed by atoms with Gasteiger partial charge in [0.05, 0.1) is 26.9 Å². The van der Waals surface area contributed by atoms with Crippen LogP contribution in [0.25, 0.3) is 10.2 Å². The molecule has 3 aromatic rings. The number of benzene rings is 2. The molecule has 0 N–H and O–H groups in total. The molecule has 0 saturated heterocycles. The molecule has 1 aromatic heterocycles. The summed E-state index contributed by atoms with van der Waals surface area (Å²) in [7, 11) is 0. The SMILES string of the molecule is N#Cc1ccc(CN(CC(F)(F)F)C(=O)CCCc2nc3ccccc3s2)cc1. The molecule has 4 nitrogen and oxygen atoms in total. The van der Waals surface area contributed by atoms with Crippen LogP contribution in [0.3, 0.4) is 0 Å². The molecule has 0 atom stereocenters. The fraction of sp³-hybridized carbons (Fsp3) is 0.286. The van der Waals surface area contributed by atoms with Crippen molar-refractivity contribution in [1.29, 1.82) is 5.26 Å². The topological polar surface area (TPSA) is 57.0 Å². The van der Waals surface area contributed by atoms with E-state index in [0.717, 1.165) is 20.1 Å². The highest BCUT2D eigenvalue weighted by molar-refractivity contribution is 7.18. The van der Waals surface area contributed by atoms with E-state index >= 15 is 0 Å².